The Kier molecular flexibility index (Phi) is 4.15. The first-order valence-corrected chi connectivity index (χ1v) is 5.56. The minimum absolute atomic E-state index is 0.111. The fourth-order valence-corrected chi connectivity index (χ4v) is 1.63. The van der Waals surface area contributed by atoms with Crippen LogP contribution in [0.4, 0.5) is 4.79 Å². The molecule has 7 nitrogen and oxygen atoms in total. The molecule has 1 atom stereocenters. The molecule has 1 rings (SSSR count). The van der Waals surface area contributed by atoms with Gasteiger partial charge in [0.25, 0.3) is 0 Å². The molecule has 0 aromatic heterocycles. The molecule has 1 N–H and O–H groups in total. The molecule has 0 bridgehead atoms. The van der Waals surface area contributed by atoms with Crippen LogP contribution in [0.25, 0.3) is 0 Å². The van der Waals surface area contributed by atoms with Crippen molar-refractivity contribution >= 4 is 17.8 Å². The van der Waals surface area contributed by atoms with Gasteiger partial charge in [0, 0.05) is 6.42 Å². The van der Waals surface area contributed by atoms with Crippen molar-refractivity contribution in [3.05, 3.63) is 0 Å². The Labute approximate surface area is 105 Å². The molecule has 1 saturated heterocycles. The molecule has 0 aliphatic carbocycles. The highest BCUT2D eigenvalue weighted by Crippen LogP contribution is 2.20. The molecular weight excluding hydrogens is 240 g/mol. The minimum Gasteiger partial charge on any atom is -0.480 e. The molecule has 0 radical (unpaired) electrons. The van der Waals surface area contributed by atoms with Crippen LogP contribution >= 0.6 is 0 Å². The lowest BCUT2D eigenvalue weighted by Crippen LogP contribution is -2.43. The number of hydrogen-bond donors (Lipinski definition) is 1. The normalized spacial score (nSPS) is 22.1. The maximum atomic E-state index is 11.9. The molecule has 1 heterocycles. The molecule has 102 valence electrons. The van der Waals surface area contributed by atoms with Crippen molar-refractivity contribution < 1.29 is 24.3 Å². The van der Waals surface area contributed by atoms with Gasteiger partial charge in [-0.2, -0.15) is 0 Å². The summed E-state index contributed by atoms with van der Waals surface area (Å²) in [5.74, 6) is -1.08. The third kappa shape index (κ3) is 3.61. The monoisotopic (exact) mass is 258 g/mol. The zero-order chi connectivity index (χ0) is 13.9. The lowest BCUT2D eigenvalue weighted by molar-refractivity contribution is -0.142. The predicted octanol–water partition coefficient (Wildman–Crippen LogP) is 1.08. The third-order valence-corrected chi connectivity index (χ3v) is 2.29. The summed E-state index contributed by atoms with van der Waals surface area (Å²) < 4.78 is 5.16. The van der Waals surface area contributed by atoms with Crippen molar-refractivity contribution in [1.82, 2.24) is 4.90 Å². The van der Waals surface area contributed by atoms with Crippen molar-refractivity contribution in [3.8, 4) is 0 Å². The third-order valence-electron chi connectivity index (χ3n) is 2.29. The smallest absolute Gasteiger partial charge is 0.411 e. The second-order valence-electron chi connectivity index (χ2n) is 5.01. The molecule has 0 saturated carbocycles. The van der Waals surface area contributed by atoms with Crippen molar-refractivity contribution in [1.29, 1.82) is 0 Å². The number of hydrogen-bond acceptors (Lipinski definition) is 5. The van der Waals surface area contributed by atoms with E-state index in [1.54, 1.807) is 20.8 Å². The molecule has 1 aliphatic heterocycles. The number of ether oxygens (including phenoxy) is 1. The number of nitrogens with zero attached hydrogens (tertiary/aromatic N) is 2. The van der Waals surface area contributed by atoms with E-state index >= 15 is 0 Å². The molecule has 0 unspecified atom stereocenters. The van der Waals surface area contributed by atoms with E-state index in [-0.39, 0.29) is 13.0 Å². The average Bonchev–Trinajstić information content (AvgIpc) is 2.59. The molecule has 1 aliphatic rings. The second kappa shape index (κ2) is 5.24. The van der Waals surface area contributed by atoms with Gasteiger partial charge in [-0.1, -0.05) is 5.16 Å². The quantitative estimate of drug-likeness (QED) is 0.749. The van der Waals surface area contributed by atoms with Crippen LogP contribution in [-0.2, 0) is 14.4 Å². The lowest BCUT2D eigenvalue weighted by Gasteiger charge is -2.26. The van der Waals surface area contributed by atoms with Crippen LogP contribution in [0.5, 0.6) is 0 Å². The Bertz CT molecular complexity index is 372. The largest absolute Gasteiger partial charge is 0.480 e. The van der Waals surface area contributed by atoms with Gasteiger partial charge in [0.05, 0.1) is 12.3 Å². The van der Waals surface area contributed by atoms with E-state index in [2.05, 4.69) is 9.99 Å². The summed E-state index contributed by atoms with van der Waals surface area (Å²) in [7, 11) is 1.37. The first kappa shape index (κ1) is 14.3. The zero-order valence-electron chi connectivity index (χ0n) is 11.0. The maximum absolute atomic E-state index is 11.9. The van der Waals surface area contributed by atoms with Gasteiger partial charge in [-0.3, -0.25) is 4.90 Å². The molecule has 7 heteroatoms. The number of carbonyl (C=O) groups excluding carboxylic acids is 1. The molecule has 1 fully saturated rings. The average molecular weight is 258 g/mol. The number of rotatable bonds is 2. The molecule has 0 aromatic carbocycles. The SMILES string of the molecule is CO/N=C1\C[C@@H](C(=O)O)N(C(=O)OC(C)(C)C)C1. The summed E-state index contributed by atoms with van der Waals surface area (Å²) in [4.78, 5) is 28.7. The Morgan fingerprint density at radius 1 is 1.44 bits per heavy atom. The van der Waals surface area contributed by atoms with E-state index < -0.39 is 23.7 Å². The van der Waals surface area contributed by atoms with Crippen molar-refractivity contribution in [2.24, 2.45) is 5.16 Å². The Morgan fingerprint density at radius 2 is 2.06 bits per heavy atom. The van der Waals surface area contributed by atoms with Crippen LogP contribution < -0.4 is 0 Å². The number of oxime groups is 1. The van der Waals surface area contributed by atoms with Crippen LogP contribution in [0.3, 0.4) is 0 Å². The molecule has 0 aromatic rings. The van der Waals surface area contributed by atoms with Gasteiger partial charge in [0.2, 0.25) is 0 Å². The van der Waals surface area contributed by atoms with Crippen molar-refractivity contribution in [3.63, 3.8) is 0 Å². The minimum atomic E-state index is -1.08. The van der Waals surface area contributed by atoms with Gasteiger partial charge < -0.3 is 14.7 Å². The van der Waals surface area contributed by atoms with E-state index in [1.807, 2.05) is 0 Å². The van der Waals surface area contributed by atoms with Crippen molar-refractivity contribution in [2.75, 3.05) is 13.7 Å². The number of aliphatic carboxylic acids is 1. The lowest BCUT2D eigenvalue weighted by atomic mass is 10.2. The van der Waals surface area contributed by atoms with Crippen LogP contribution in [0.1, 0.15) is 27.2 Å². The van der Waals surface area contributed by atoms with Gasteiger partial charge >= 0.3 is 12.1 Å². The fourth-order valence-electron chi connectivity index (χ4n) is 1.63. The van der Waals surface area contributed by atoms with Crippen LogP contribution in [-0.4, -0.2) is 53.1 Å². The van der Waals surface area contributed by atoms with Crippen molar-refractivity contribution in [2.45, 2.75) is 38.8 Å². The molecule has 0 spiro atoms. The summed E-state index contributed by atoms with van der Waals surface area (Å²) >= 11 is 0. The van der Waals surface area contributed by atoms with Gasteiger partial charge in [0.15, 0.2) is 0 Å². The van der Waals surface area contributed by atoms with Crippen LogP contribution in [0.2, 0.25) is 0 Å². The van der Waals surface area contributed by atoms with Gasteiger partial charge in [-0.25, -0.2) is 9.59 Å². The zero-order valence-corrected chi connectivity index (χ0v) is 11.0. The Balaban J connectivity index is 2.82. The summed E-state index contributed by atoms with van der Waals surface area (Å²) in [6.45, 7) is 5.28. The summed E-state index contributed by atoms with van der Waals surface area (Å²) in [6, 6.07) is -0.950. The number of carboxylic acid groups (broad SMARTS) is 1. The van der Waals surface area contributed by atoms with E-state index in [0.717, 1.165) is 4.90 Å². The first-order valence-electron chi connectivity index (χ1n) is 5.56. The molecule has 18 heavy (non-hydrogen) atoms. The standard InChI is InChI=1S/C11H18N2O5/c1-11(2,3)18-10(16)13-6-7(12-17-4)5-8(13)9(14)15/h8H,5-6H2,1-4H3,(H,14,15)/b12-7+/t8-/m0/s1. The molecular formula is C11H18N2O5. The number of amides is 1. The van der Waals surface area contributed by atoms with Crippen LogP contribution in [0.15, 0.2) is 5.16 Å². The maximum Gasteiger partial charge on any atom is 0.411 e. The highest BCUT2D eigenvalue weighted by Gasteiger charge is 2.40. The van der Waals surface area contributed by atoms with E-state index in [4.69, 9.17) is 9.84 Å². The van der Waals surface area contributed by atoms with E-state index in [1.165, 1.54) is 7.11 Å². The summed E-state index contributed by atoms with van der Waals surface area (Å²) in [6.07, 6.45) is -0.501. The van der Waals surface area contributed by atoms with Gasteiger partial charge in [0.1, 0.15) is 18.8 Å². The van der Waals surface area contributed by atoms with E-state index in [9.17, 15) is 9.59 Å². The highest BCUT2D eigenvalue weighted by atomic mass is 16.6. The van der Waals surface area contributed by atoms with Crippen LogP contribution in [0, 0.1) is 0 Å². The van der Waals surface area contributed by atoms with Gasteiger partial charge in [-0.15, -0.1) is 0 Å². The summed E-state index contributed by atoms with van der Waals surface area (Å²) in [5, 5.41) is 12.8. The Morgan fingerprint density at radius 3 is 2.50 bits per heavy atom. The number of likely N-dealkylation sites (tertiary alicyclic amines) is 1. The highest BCUT2D eigenvalue weighted by molar-refractivity contribution is 5.98. The van der Waals surface area contributed by atoms with Gasteiger partial charge in [-0.05, 0) is 20.8 Å². The predicted molar refractivity (Wildman–Crippen MR) is 63.4 cm³/mol. The number of carboxylic acids is 1. The number of carbonyl (C=O) groups is 2. The first-order chi connectivity index (χ1) is 8.24. The fraction of sp³-hybridized carbons (Fsp3) is 0.727. The molecule has 1 amide bonds. The topological polar surface area (TPSA) is 88.4 Å². The Hall–Kier alpha value is -1.79. The summed E-state index contributed by atoms with van der Waals surface area (Å²) in [5.41, 5.74) is -0.155. The second-order valence-corrected chi connectivity index (χ2v) is 5.01. The van der Waals surface area contributed by atoms with E-state index in [0.29, 0.717) is 5.71 Å².